The van der Waals surface area contributed by atoms with Gasteiger partial charge in [0.15, 0.2) is 5.58 Å². The highest BCUT2D eigenvalue weighted by molar-refractivity contribution is 6.27. The molecule has 0 aliphatic carbocycles. The largest absolute Gasteiger partial charge is 0.423 e. The smallest absolute Gasteiger partial charge is 0.307 e. The van der Waals surface area contributed by atoms with Crippen molar-refractivity contribution in [2.24, 2.45) is 0 Å². The van der Waals surface area contributed by atoms with Crippen LogP contribution in [0.25, 0.3) is 77.2 Å². The second-order valence-corrected chi connectivity index (χ2v) is 10.1. The molecular formula is C35H21N3O. The van der Waals surface area contributed by atoms with Crippen molar-refractivity contribution in [2.75, 3.05) is 0 Å². The van der Waals surface area contributed by atoms with Crippen molar-refractivity contribution in [3.8, 4) is 11.7 Å². The molecule has 0 aliphatic heterocycles. The van der Waals surface area contributed by atoms with Crippen LogP contribution in [0.2, 0.25) is 0 Å². The molecule has 0 saturated carbocycles. The van der Waals surface area contributed by atoms with Crippen LogP contribution < -0.4 is 0 Å². The van der Waals surface area contributed by atoms with E-state index >= 15 is 0 Å². The standard InChI is InChI=1S/C35H21N3O/c1-2-12-24(13-3-1)37-30-19-18-26-25-14-6-8-16-29(25)38(35-36-28-15-7-9-17-32(28)39-35)34(26)33(30)27-20-22-10-4-5-11-23(22)21-31(27)37/h1-21H. The predicted octanol–water partition coefficient (Wildman–Crippen LogP) is 9.18. The summed E-state index contributed by atoms with van der Waals surface area (Å²) in [4.78, 5) is 4.95. The van der Waals surface area contributed by atoms with Crippen molar-refractivity contribution in [1.82, 2.24) is 14.1 Å². The molecule has 182 valence electrons. The lowest BCUT2D eigenvalue weighted by Gasteiger charge is -2.08. The zero-order chi connectivity index (χ0) is 25.5. The highest BCUT2D eigenvalue weighted by atomic mass is 16.4. The fourth-order valence-corrected chi connectivity index (χ4v) is 6.25. The molecule has 0 radical (unpaired) electrons. The van der Waals surface area contributed by atoms with Crippen molar-refractivity contribution in [3.63, 3.8) is 0 Å². The van der Waals surface area contributed by atoms with E-state index < -0.39 is 0 Å². The number of aromatic nitrogens is 3. The number of rotatable bonds is 2. The van der Waals surface area contributed by atoms with Gasteiger partial charge in [-0.1, -0.05) is 78.9 Å². The molecule has 9 aromatic rings. The van der Waals surface area contributed by atoms with E-state index in [2.05, 4.69) is 112 Å². The Hall–Kier alpha value is -5.35. The lowest BCUT2D eigenvalue weighted by molar-refractivity contribution is 0.574. The number of benzene rings is 6. The maximum atomic E-state index is 6.40. The molecule has 0 aliphatic rings. The van der Waals surface area contributed by atoms with Crippen LogP contribution in [0.4, 0.5) is 0 Å². The Kier molecular flexibility index (Phi) is 4.02. The third-order valence-electron chi connectivity index (χ3n) is 7.92. The molecule has 0 saturated heterocycles. The van der Waals surface area contributed by atoms with E-state index in [4.69, 9.17) is 9.40 Å². The quantitative estimate of drug-likeness (QED) is 0.238. The van der Waals surface area contributed by atoms with Crippen molar-refractivity contribution in [1.29, 1.82) is 0 Å². The fourth-order valence-electron chi connectivity index (χ4n) is 6.25. The van der Waals surface area contributed by atoms with Crippen LogP contribution in [0, 0.1) is 0 Å². The van der Waals surface area contributed by atoms with Gasteiger partial charge in [-0.25, -0.2) is 0 Å². The minimum atomic E-state index is 0.580. The van der Waals surface area contributed by atoms with Gasteiger partial charge in [-0.15, -0.1) is 0 Å². The summed E-state index contributed by atoms with van der Waals surface area (Å²) in [7, 11) is 0. The Bertz CT molecular complexity index is 2360. The second-order valence-electron chi connectivity index (χ2n) is 10.1. The van der Waals surface area contributed by atoms with Crippen LogP contribution in [0.15, 0.2) is 132 Å². The molecule has 6 aromatic carbocycles. The third-order valence-corrected chi connectivity index (χ3v) is 7.92. The molecular weight excluding hydrogens is 478 g/mol. The average molecular weight is 500 g/mol. The minimum absolute atomic E-state index is 0.580. The number of hydrogen-bond acceptors (Lipinski definition) is 2. The van der Waals surface area contributed by atoms with E-state index in [0.29, 0.717) is 6.01 Å². The van der Waals surface area contributed by atoms with E-state index in [1.807, 2.05) is 24.3 Å². The van der Waals surface area contributed by atoms with E-state index in [1.165, 1.54) is 37.8 Å². The summed E-state index contributed by atoms with van der Waals surface area (Å²) < 4.78 is 11.0. The third kappa shape index (κ3) is 2.80. The summed E-state index contributed by atoms with van der Waals surface area (Å²) in [6, 6.07) is 45.4. The molecule has 0 N–H and O–H groups in total. The Labute approximate surface area is 222 Å². The molecule has 0 fully saturated rings. The summed E-state index contributed by atoms with van der Waals surface area (Å²) in [6.45, 7) is 0. The van der Waals surface area contributed by atoms with E-state index in [0.717, 1.165) is 33.3 Å². The molecule has 0 amide bonds. The highest BCUT2D eigenvalue weighted by Gasteiger charge is 2.23. The normalized spacial score (nSPS) is 12.1. The molecule has 0 spiro atoms. The van der Waals surface area contributed by atoms with Crippen LogP contribution in [-0.2, 0) is 0 Å². The van der Waals surface area contributed by atoms with Crippen LogP contribution in [0.5, 0.6) is 0 Å². The van der Waals surface area contributed by atoms with E-state index in [9.17, 15) is 0 Å². The average Bonchev–Trinajstić information content (AvgIpc) is 3.65. The number of nitrogens with zero attached hydrogens (tertiary/aromatic N) is 3. The van der Waals surface area contributed by atoms with Gasteiger partial charge in [-0.2, -0.15) is 4.98 Å². The van der Waals surface area contributed by atoms with Crippen molar-refractivity contribution in [3.05, 3.63) is 127 Å². The van der Waals surface area contributed by atoms with Crippen molar-refractivity contribution < 1.29 is 4.42 Å². The molecule has 9 rings (SSSR count). The minimum Gasteiger partial charge on any atom is -0.423 e. The number of fused-ring (bicyclic) bond motifs is 9. The molecule has 3 heterocycles. The van der Waals surface area contributed by atoms with Gasteiger partial charge in [0, 0.05) is 27.2 Å². The topological polar surface area (TPSA) is 35.9 Å². The van der Waals surface area contributed by atoms with Crippen molar-refractivity contribution >= 4 is 65.5 Å². The molecule has 4 nitrogen and oxygen atoms in total. The monoisotopic (exact) mass is 499 g/mol. The van der Waals surface area contributed by atoms with Gasteiger partial charge >= 0.3 is 6.01 Å². The van der Waals surface area contributed by atoms with Crippen molar-refractivity contribution in [2.45, 2.75) is 0 Å². The molecule has 4 heteroatoms. The zero-order valence-electron chi connectivity index (χ0n) is 20.9. The van der Waals surface area contributed by atoms with E-state index in [-0.39, 0.29) is 0 Å². The molecule has 0 unspecified atom stereocenters. The summed E-state index contributed by atoms with van der Waals surface area (Å²) in [5.41, 5.74) is 7.28. The van der Waals surface area contributed by atoms with Crippen LogP contribution in [0.1, 0.15) is 0 Å². The van der Waals surface area contributed by atoms with Gasteiger partial charge in [0.1, 0.15) is 5.52 Å². The predicted molar refractivity (Wildman–Crippen MR) is 160 cm³/mol. The van der Waals surface area contributed by atoms with Crippen LogP contribution in [-0.4, -0.2) is 14.1 Å². The molecule has 0 atom stereocenters. The Morgan fingerprint density at radius 1 is 0.513 bits per heavy atom. The first-order valence-electron chi connectivity index (χ1n) is 13.2. The Morgan fingerprint density at radius 3 is 2.13 bits per heavy atom. The van der Waals surface area contributed by atoms with E-state index in [1.54, 1.807) is 0 Å². The first-order chi connectivity index (χ1) is 19.3. The number of para-hydroxylation sites is 4. The van der Waals surface area contributed by atoms with Crippen LogP contribution >= 0.6 is 0 Å². The zero-order valence-corrected chi connectivity index (χ0v) is 20.9. The summed E-state index contributed by atoms with van der Waals surface area (Å²) in [5, 5.41) is 7.20. The molecule has 0 bridgehead atoms. The fraction of sp³-hybridized carbons (Fsp3) is 0. The maximum absolute atomic E-state index is 6.40. The summed E-state index contributed by atoms with van der Waals surface area (Å²) >= 11 is 0. The second kappa shape index (κ2) is 7.59. The Balaban J connectivity index is 1.55. The molecule has 39 heavy (non-hydrogen) atoms. The highest BCUT2D eigenvalue weighted by Crippen LogP contribution is 2.43. The van der Waals surface area contributed by atoms with Gasteiger partial charge in [-0.05, 0) is 59.3 Å². The van der Waals surface area contributed by atoms with Gasteiger partial charge in [0.25, 0.3) is 0 Å². The summed E-state index contributed by atoms with van der Waals surface area (Å²) in [6.07, 6.45) is 0. The lowest BCUT2D eigenvalue weighted by atomic mass is 10.0. The van der Waals surface area contributed by atoms with Gasteiger partial charge in [-0.3, -0.25) is 4.57 Å². The number of hydrogen-bond donors (Lipinski definition) is 0. The van der Waals surface area contributed by atoms with Gasteiger partial charge in [0.05, 0.1) is 22.1 Å². The van der Waals surface area contributed by atoms with Gasteiger partial charge < -0.3 is 8.98 Å². The Morgan fingerprint density at radius 2 is 1.26 bits per heavy atom. The first kappa shape index (κ1) is 20.7. The molecule has 3 aromatic heterocycles. The van der Waals surface area contributed by atoms with Gasteiger partial charge in [0.2, 0.25) is 0 Å². The lowest BCUT2D eigenvalue weighted by Crippen LogP contribution is -1.95. The maximum Gasteiger partial charge on any atom is 0.307 e. The first-order valence-corrected chi connectivity index (χ1v) is 13.2. The van der Waals surface area contributed by atoms with Crippen LogP contribution in [0.3, 0.4) is 0 Å². The number of oxazole rings is 1. The SMILES string of the molecule is c1ccc(-n2c3cc4ccccc4cc3c3c2ccc2c4ccccc4n(-c4nc5ccccc5o4)c23)cc1. The summed E-state index contributed by atoms with van der Waals surface area (Å²) in [5.74, 6) is 0.